The van der Waals surface area contributed by atoms with Crippen LogP contribution in [0, 0.1) is 24.3 Å². The minimum absolute atomic E-state index is 0.0447. The number of aromatic nitrogens is 5. The number of hydrogen-bond donors (Lipinski definition) is 1. The van der Waals surface area contributed by atoms with Crippen LogP contribution < -0.4 is 14.8 Å². The van der Waals surface area contributed by atoms with E-state index in [9.17, 15) is 15.2 Å². The van der Waals surface area contributed by atoms with Gasteiger partial charge in [0, 0.05) is 19.1 Å². The molecule has 2 heterocycles. The first kappa shape index (κ1) is 19.4. The number of carbonyl (C=O) groups excluding carboxylic acids is 1. The van der Waals surface area contributed by atoms with E-state index in [0.29, 0.717) is 33.6 Å². The lowest BCUT2D eigenvalue weighted by atomic mass is 10.2. The van der Waals surface area contributed by atoms with Crippen LogP contribution in [0.25, 0.3) is 22.1 Å². The van der Waals surface area contributed by atoms with Crippen molar-refractivity contribution in [3.8, 4) is 0 Å². The maximum atomic E-state index is 12.9. The van der Waals surface area contributed by atoms with Gasteiger partial charge < -0.3 is 15.2 Å². The molecule has 0 aliphatic carbocycles. The number of fused-ring (bicyclic) bond motifs is 2. The molecule has 0 saturated carbocycles. The second-order valence-corrected chi connectivity index (χ2v) is 6.90. The standard InChI is InChI=1S/C20H20N6O4/c1-4-30-19(27)11-24-16-8-6-14(10-15(16)22-23-24)21-20-13(3)25(28)17-7-5-12(2)9-18(17)26(20)29/h5-10,21H,4,11H2,1-3H3. The molecule has 0 aliphatic heterocycles. The van der Waals surface area contributed by atoms with Crippen molar-refractivity contribution in [2.75, 3.05) is 11.9 Å². The molecule has 0 atom stereocenters. The third kappa shape index (κ3) is 3.32. The average Bonchev–Trinajstić information content (AvgIpc) is 3.11. The lowest BCUT2D eigenvalue weighted by Crippen LogP contribution is -2.43. The highest BCUT2D eigenvalue weighted by molar-refractivity contribution is 5.81. The van der Waals surface area contributed by atoms with E-state index in [2.05, 4.69) is 15.6 Å². The fourth-order valence-electron chi connectivity index (χ4n) is 3.29. The highest BCUT2D eigenvalue weighted by Gasteiger charge is 2.24. The molecule has 0 aliphatic rings. The molecule has 0 amide bonds. The molecule has 2 aromatic heterocycles. The van der Waals surface area contributed by atoms with Crippen molar-refractivity contribution in [2.45, 2.75) is 27.3 Å². The van der Waals surface area contributed by atoms with Crippen molar-refractivity contribution in [3.63, 3.8) is 0 Å². The number of nitrogens with zero attached hydrogens (tertiary/aromatic N) is 5. The quantitative estimate of drug-likeness (QED) is 0.303. The van der Waals surface area contributed by atoms with Gasteiger partial charge in [0.15, 0.2) is 0 Å². The minimum atomic E-state index is -0.402. The molecule has 0 unspecified atom stereocenters. The van der Waals surface area contributed by atoms with Crippen molar-refractivity contribution < 1.29 is 19.0 Å². The summed E-state index contributed by atoms with van der Waals surface area (Å²) in [5, 5.41) is 36.6. The summed E-state index contributed by atoms with van der Waals surface area (Å²) in [5.74, 6) is -0.276. The maximum absolute atomic E-state index is 12.9. The molecular weight excluding hydrogens is 388 g/mol. The van der Waals surface area contributed by atoms with Gasteiger partial charge in [-0.1, -0.05) is 11.3 Å². The Morgan fingerprint density at radius 2 is 1.93 bits per heavy atom. The van der Waals surface area contributed by atoms with Gasteiger partial charge in [0.1, 0.15) is 17.7 Å². The van der Waals surface area contributed by atoms with Crippen LogP contribution >= 0.6 is 0 Å². The number of hydrogen-bond acceptors (Lipinski definition) is 7. The van der Waals surface area contributed by atoms with Crippen LogP contribution in [0.2, 0.25) is 0 Å². The Hall–Kier alpha value is -3.95. The van der Waals surface area contributed by atoms with Crippen molar-refractivity contribution in [2.24, 2.45) is 0 Å². The van der Waals surface area contributed by atoms with E-state index in [1.165, 1.54) is 4.68 Å². The molecule has 1 N–H and O–H groups in total. The molecule has 0 fully saturated rings. The largest absolute Gasteiger partial charge is 0.710 e. The molecule has 10 heteroatoms. The summed E-state index contributed by atoms with van der Waals surface area (Å²) in [6.07, 6.45) is 0. The molecule has 0 saturated heterocycles. The molecule has 30 heavy (non-hydrogen) atoms. The van der Waals surface area contributed by atoms with Gasteiger partial charge in [-0.25, -0.2) is 14.7 Å². The van der Waals surface area contributed by atoms with E-state index < -0.39 is 5.97 Å². The number of ether oxygens (including phenoxy) is 1. The Kier molecular flexibility index (Phi) is 4.82. The molecule has 2 aromatic carbocycles. The van der Waals surface area contributed by atoms with E-state index in [0.717, 1.165) is 10.3 Å². The summed E-state index contributed by atoms with van der Waals surface area (Å²) in [6, 6.07) is 10.2. The van der Waals surface area contributed by atoms with E-state index in [4.69, 9.17) is 4.74 Å². The highest BCUT2D eigenvalue weighted by atomic mass is 16.5. The van der Waals surface area contributed by atoms with Crippen molar-refractivity contribution in [3.05, 3.63) is 58.1 Å². The van der Waals surface area contributed by atoms with Gasteiger partial charge in [0.05, 0.1) is 12.1 Å². The average molecular weight is 408 g/mol. The topological polar surface area (TPSA) is 123 Å². The number of rotatable bonds is 5. The maximum Gasteiger partial charge on any atom is 0.352 e. The summed E-state index contributed by atoms with van der Waals surface area (Å²) >= 11 is 0. The Morgan fingerprint density at radius 3 is 2.70 bits per heavy atom. The lowest BCUT2D eigenvalue weighted by molar-refractivity contribution is -0.623. The van der Waals surface area contributed by atoms with Gasteiger partial charge in [-0.3, -0.25) is 4.79 Å². The monoisotopic (exact) mass is 408 g/mol. The van der Waals surface area contributed by atoms with Crippen LogP contribution in [0.15, 0.2) is 36.4 Å². The number of esters is 1. The van der Waals surface area contributed by atoms with Crippen molar-refractivity contribution in [1.29, 1.82) is 0 Å². The predicted octanol–water partition coefficient (Wildman–Crippen LogP) is 1.77. The van der Waals surface area contributed by atoms with Crippen LogP contribution in [-0.4, -0.2) is 27.6 Å². The van der Waals surface area contributed by atoms with Gasteiger partial charge in [-0.15, -0.1) is 5.10 Å². The van der Waals surface area contributed by atoms with Crippen LogP contribution in [0.5, 0.6) is 0 Å². The first-order valence-corrected chi connectivity index (χ1v) is 9.41. The Labute approximate surface area is 171 Å². The first-order valence-electron chi connectivity index (χ1n) is 9.41. The molecule has 4 rings (SSSR count). The summed E-state index contributed by atoms with van der Waals surface area (Å²) in [5.41, 5.74) is 3.44. The fraction of sp³-hybridized carbons (Fsp3) is 0.250. The molecule has 0 bridgehead atoms. The number of benzene rings is 2. The Bertz CT molecular complexity index is 1280. The van der Waals surface area contributed by atoms with Crippen LogP contribution in [0.4, 0.5) is 11.5 Å². The number of aryl methyl sites for hydroxylation is 1. The van der Waals surface area contributed by atoms with Gasteiger partial charge in [0.2, 0.25) is 5.52 Å². The van der Waals surface area contributed by atoms with Crippen molar-refractivity contribution in [1.82, 2.24) is 15.0 Å². The number of carbonyl (C=O) groups is 1. The van der Waals surface area contributed by atoms with E-state index in [-0.39, 0.29) is 23.6 Å². The van der Waals surface area contributed by atoms with Gasteiger partial charge in [-0.05, 0) is 37.6 Å². The second kappa shape index (κ2) is 7.47. The van der Waals surface area contributed by atoms with Crippen LogP contribution in [-0.2, 0) is 16.1 Å². The highest BCUT2D eigenvalue weighted by Crippen LogP contribution is 2.22. The summed E-state index contributed by atoms with van der Waals surface area (Å²) in [6.45, 7) is 5.42. The molecule has 154 valence electrons. The van der Waals surface area contributed by atoms with Gasteiger partial charge in [0.25, 0.3) is 11.2 Å². The SMILES string of the molecule is CCOC(=O)Cn1nnc2cc(Nc3c(C)[n+]([O-])c4ccc(C)cc4[n+]3[O-])ccc21. The Balaban J connectivity index is 1.71. The van der Waals surface area contributed by atoms with Crippen LogP contribution in [0.3, 0.4) is 0 Å². The van der Waals surface area contributed by atoms with Gasteiger partial charge in [-0.2, -0.15) is 4.73 Å². The zero-order chi connectivity index (χ0) is 21.4. The normalized spacial score (nSPS) is 11.2. The summed E-state index contributed by atoms with van der Waals surface area (Å²) < 4.78 is 7.84. The minimum Gasteiger partial charge on any atom is -0.710 e. The van der Waals surface area contributed by atoms with E-state index in [1.54, 1.807) is 50.2 Å². The zero-order valence-corrected chi connectivity index (χ0v) is 16.7. The molecular formula is C20H20N6O4. The third-order valence-electron chi connectivity index (χ3n) is 4.78. The lowest BCUT2D eigenvalue weighted by Gasteiger charge is -2.14. The van der Waals surface area contributed by atoms with E-state index >= 15 is 0 Å². The smallest absolute Gasteiger partial charge is 0.352 e. The first-order chi connectivity index (χ1) is 14.4. The predicted molar refractivity (Wildman–Crippen MR) is 109 cm³/mol. The van der Waals surface area contributed by atoms with Gasteiger partial charge >= 0.3 is 11.8 Å². The Morgan fingerprint density at radius 1 is 1.13 bits per heavy atom. The molecule has 10 nitrogen and oxygen atoms in total. The van der Waals surface area contributed by atoms with Crippen molar-refractivity contribution >= 4 is 39.5 Å². The second-order valence-electron chi connectivity index (χ2n) is 6.90. The van der Waals surface area contributed by atoms with Crippen LogP contribution in [0.1, 0.15) is 18.2 Å². The molecule has 0 radical (unpaired) electrons. The summed E-state index contributed by atoms with van der Waals surface area (Å²) in [7, 11) is 0. The summed E-state index contributed by atoms with van der Waals surface area (Å²) in [4.78, 5) is 11.7. The molecule has 4 aromatic rings. The zero-order valence-electron chi connectivity index (χ0n) is 16.7. The number of anilines is 2. The number of nitrogens with one attached hydrogen (secondary N) is 1. The third-order valence-corrected chi connectivity index (χ3v) is 4.78. The van der Waals surface area contributed by atoms with E-state index in [1.807, 2.05) is 6.92 Å². The fourth-order valence-corrected chi connectivity index (χ4v) is 3.29. The molecule has 0 spiro atoms.